The number of anilines is 1. The van der Waals surface area contributed by atoms with Gasteiger partial charge in [-0.3, -0.25) is 9.80 Å². The van der Waals surface area contributed by atoms with Crippen molar-refractivity contribution in [1.82, 2.24) is 5.43 Å². The van der Waals surface area contributed by atoms with Crippen molar-refractivity contribution < 1.29 is 19.1 Å². The molecule has 0 aromatic heterocycles. The molecule has 6 nitrogen and oxygen atoms in total. The first-order valence-corrected chi connectivity index (χ1v) is 6.77. The van der Waals surface area contributed by atoms with Crippen LogP contribution in [0.4, 0.5) is 10.5 Å². The smallest absolute Gasteiger partial charge is 0.426 e. The summed E-state index contributed by atoms with van der Waals surface area (Å²) in [5, 5.41) is 1.71. The van der Waals surface area contributed by atoms with E-state index in [2.05, 4.69) is 5.43 Å². The van der Waals surface area contributed by atoms with Crippen LogP contribution in [0.25, 0.3) is 0 Å². The van der Waals surface area contributed by atoms with Gasteiger partial charge in [0.1, 0.15) is 11.4 Å². The van der Waals surface area contributed by atoms with Crippen LogP contribution in [0.1, 0.15) is 36.7 Å². The van der Waals surface area contributed by atoms with Crippen molar-refractivity contribution in [2.75, 3.05) is 18.7 Å². The van der Waals surface area contributed by atoms with Gasteiger partial charge in [0, 0.05) is 12.6 Å². The number of carbonyl (C=O) groups is 2. The molecule has 0 aliphatic carbocycles. The van der Waals surface area contributed by atoms with Gasteiger partial charge in [0.15, 0.2) is 6.29 Å². The SMILES string of the molecule is COc1cc2c(cc1C=O)CCN2NC(=O)OC(C)(C)C. The number of aldehydes is 1. The van der Waals surface area contributed by atoms with Crippen molar-refractivity contribution in [2.24, 2.45) is 0 Å². The summed E-state index contributed by atoms with van der Waals surface area (Å²) in [4.78, 5) is 22.9. The number of benzene rings is 1. The molecular weight excluding hydrogens is 272 g/mol. The van der Waals surface area contributed by atoms with Crippen LogP contribution in [0.3, 0.4) is 0 Å². The molecule has 0 fully saturated rings. The van der Waals surface area contributed by atoms with E-state index >= 15 is 0 Å². The van der Waals surface area contributed by atoms with E-state index in [0.29, 0.717) is 17.9 Å². The van der Waals surface area contributed by atoms with Gasteiger partial charge in [-0.05, 0) is 38.8 Å². The van der Waals surface area contributed by atoms with E-state index in [1.165, 1.54) is 7.11 Å². The molecule has 1 N–H and O–H groups in total. The van der Waals surface area contributed by atoms with Crippen LogP contribution < -0.4 is 15.2 Å². The highest BCUT2D eigenvalue weighted by Crippen LogP contribution is 2.33. The monoisotopic (exact) mass is 292 g/mol. The third-order valence-electron chi connectivity index (χ3n) is 3.08. The quantitative estimate of drug-likeness (QED) is 0.866. The summed E-state index contributed by atoms with van der Waals surface area (Å²) in [7, 11) is 1.51. The molecule has 0 bridgehead atoms. The van der Waals surface area contributed by atoms with Crippen molar-refractivity contribution in [3.63, 3.8) is 0 Å². The van der Waals surface area contributed by atoms with E-state index in [1.54, 1.807) is 17.1 Å². The average molecular weight is 292 g/mol. The standard InChI is InChI=1S/C15H20N2O4/c1-15(2,3)21-14(19)16-17-6-5-10-7-11(9-18)13(20-4)8-12(10)17/h7-9H,5-6H2,1-4H3,(H,16,19). The zero-order chi connectivity index (χ0) is 15.6. The van der Waals surface area contributed by atoms with Crippen LogP contribution >= 0.6 is 0 Å². The molecule has 2 rings (SSSR count). The van der Waals surface area contributed by atoms with Crippen molar-refractivity contribution in [1.29, 1.82) is 0 Å². The Balaban J connectivity index is 2.18. The summed E-state index contributed by atoms with van der Waals surface area (Å²) in [6.07, 6.45) is 1.01. The second-order valence-corrected chi connectivity index (χ2v) is 5.86. The lowest BCUT2D eigenvalue weighted by Gasteiger charge is -2.25. The molecule has 6 heteroatoms. The first kappa shape index (κ1) is 15.2. The van der Waals surface area contributed by atoms with E-state index in [4.69, 9.17) is 9.47 Å². The number of ether oxygens (including phenoxy) is 2. The molecule has 0 saturated carbocycles. The third-order valence-corrected chi connectivity index (χ3v) is 3.08. The molecule has 0 saturated heterocycles. The van der Waals surface area contributed by atoms with Crippen LogP contribution in [0.15, 0.2) is 12.1 Å². The van der Waals surface area contributed by atoms with Crippen LogP contribution in [-0.4, -0.2) is 31.6 Å². The number of nitrogens with one attached hydrogen (secondary N) is 1. The van der Waals surface area contributed by atoms with Crippen molar-refractivity contribution in [2.45, 2.75) is 32.8 Å². The summed E-state index contributed by atoms with van der Waals surface area (Å²) in [6.45, 7) is 6.05. The predicted molar refractivity (Wildman–Crippen MR) is 78.8 cm³/mol. The Hall–Kier alpha value is -2.24. The maximum absolute atomic E-state index is 11.8. The minimum absolute atomic E-state index is 0.488. The number of hydrogen-bond donors (Lipinski definition) is 1. The number of fused-ring (bicyclic) bond motifs is 1. The van der Waals surface area contributed by atoms with Crippen LogP contribution in [0.5, 0.6) is 5.75 Å². The number of carbonyl (C=O) groups excluding carboxylic acids is 2. The highest BCUT2D eigenvalue weighted by molar-refractivity contribution is 5.83. The Morgan fingerprint density at radius 1 is 1.38 bits per heavy atom. The van der Waals surface area contributed by atoms with Crippen LogP contribution in [0.2, 0.25) is 0 Å². The molecule has 0 spiro atoms. The van der Waals surface area contributed by atoms with Gasteiger partial charge in [0.2, 0.25) is 0 Å². The Bertz CT molecular complexity index is 564. The van der Waals surface area contributed by atoms with Crippen molar-refractivity contribution >= 4 is 18.1 Å². The Morgan fingerprint density at radius 2 is 2.10 bits per heavy atom. The third kappa shape index (κ3) is 3.45. The molecule has 1 heterocycles. The van der Waals surface area contributed by atoms with E-state index < -0.39 is 11.7 Å². The van der Waals surface area contributed by atoms with E-state index in [9.17, 15) is 9.59 Å². The number of hydrazine groups is 1. The van der Waals surface area contributed by atoms with Gasteiger partial charge in [-0.1, -0.05) is 0 Å². The molecule has 1 amide bonds. The summed E-state index contributed by atoms with van der Waals surface area (Å²) in [5.74, 6) is 0.488. The Morgan fingerprint density at radius 3 is 2.67 bits per heavy atom. The molecule has 0 radical (unpaired) electrons. The highest BCUT2D eigenvalue weighted by Gasteiger charge is 2.25. The zero-order valence-electron chi connectivity index (χ0n) is 12.7. The van der Waals surface area contributed by atoms with Crippen molar-refractivity contribution in [3.05, 3.63) is 23.3 Å². The molecule has 21 heavy (non-hydrogen) atoms. The maximum atomic E-state index is 11.8. The molecule has 1 aromatic rings. The topological polar surface area (TPSA) is 67.9 Å². The molecule has 1 aliphatic heterocycles. The van der Waals surface area contributed by atoms with Crippen molar-refractivity contribution in [3.8, 4) is 5.75 Å². The van der Waals surface area contributed by atoms with Gasteiger partial charge >= 0.3 is 6.09 Å². The normalized spacial score (nSPS) is 13.6. The van der Waals surface area contributed by atoms with Gasteiger partial charge in [0.25, 0.3) is 0 Å². The molecule has 0 atom stereocenters. The minimum atomic E-state index is -0.550. The van der Waals surface area contributed by atoms with Gasteiger partial charge in [0.05, 0.1) is 18.4 Å². The van der Waals surface area contributed by atoms with Gasteiger partial charge in [-0.2, -0.15) is 0 Å². The first-order valence-electron chi connectivity index (χ1n) is 6.77. The van der Waals surface area contributed by atoms with E-state index in [1.807, 2.05) is 20.8 Å². The zero-order valence-corrected chi connectivity index (χ0v) is 12.7. The van der Waals surface area contributed by atoms with Crippen LogP contribution in [-0.2, 0) is 11.2 Å². The van der Waals surface area contributed by atoms with E-state index in [-0.39, 0.29) is 0 Å². The molecule has 1 aliphatic rings. The van der Waals surface area contributed by atoms with Gasteiger partial charge < -0.3 is 9.47 Å². The van der Waals surface area contributed by atoms with Gasteiger partial charge in [-0.15, -0.1) is 0 Å². The lowest BCUT2D eigenvalue weighted by Crippen LogP contribution is -2.44. The summed E-state index contributed by atoms with van der Waals surface area (Å²) in [5.41, 5.74) is 4.49. The molecule has 0 unspecified atom stereocenters. The second-order valence-electron chi connectivity index (χ2n) is 5.86. The molecule has 114 valence electrons. The van der Waals surface area contributed by atoms with E-state index in [0.717, 1.165) is 24.0 Å². The Labute approximate surface area is 124 Å². The molecule has 1 aromatic carbocycles. The summed E-state index contributed by atoms with van der Waals surface area (Å²) in [6, 6.07) is 3.54. The van der Waals surface area contributed by atoms with Gasteiger partial charge in [-0.25, -0.2) is 10.2 Å². The first-order chi connectivity index (χ1) is 9.84. The fraction of sp³-hybridized carbons (Fsp3) is 0.467. The highest BCUT2D eigenvalue weighted by atomic mass is 16.6. The Kier molecular flexibility index (Phi) is 4.06. The lowest BCUT2D eigenvalue weighted by molar-refractivity contribution is 0.0522. The number of amides is 1. The fourth-order valence-electron chi connectivity index (χ4n) is 2.23. The predicted octanol–water partition coefficient (Wildman–Crippen LogP) is 2.31. The number of methoxy groups -OCH3 is 1. The largest absolute Gasteiger partial charge is 0.496 e. The summed E-state index contributed by atoms with van der Waals surface area (Å²) >= 11 is 0. The lowest BCUT2D eigenvalue weighted by atomic mass is 10.1. The molecular formula is C15H20N2O4. The maximum Gasteiger partial charge on any atom is 0.426 e. The minimum Gasteiger partial charge on any atom is -0.496 e. The number of rotatable bonds is 3. The summed E-state index contributed by atoms with van der Waals surface area (Å²) < 4.78 is 10.4. The fourth-order valence-corrected chi connectivity index (χ4v) is 2.23. The average Bonchev–Trinajstić information content (AvgIpc) is 2.77. The second kappa shape index (κ2) is 5.63. The number of nitrogens with zero attached hydrogens (tertiary/aromatic N) is 1. The van der Waals surface area contributed by atoms with Crippen LogP contribution in [0, 0.1) is 0 Å². The number of hydrogen-bond acceptors (Lipinski definition) is 5.